The van der Waals surface area contributed by atoms with E-state index >= 15 is 0 Å². The van der Waals surface area contributed by atoms with E-state index in [1.807, 2.05) is 25.1 Å². The molecule has 0 aliphatic heterocycles. The van der Waals surface area contributed by atoms with E-state index in [0.29, 0.717) is 28.7 Å². The van der Waals surface area contributed by atoms with Gasteiger partial charge >= 0.3 is 0 Å². The highest BCUT2D eigenvalue weighted by molar-refractivity contribution is 5.61. The van der Waals surface area contributed by atoms with Crippen molar-refractivity contribution in [2.24, 2.45) is 0 Å². The third-order valence-electron chi connectivity index (χ3n) is 2.97. The quantitative estimate of drug-likeness (QED) is 0.796. The molecule has 6 heteroatoms. The van der Waals surface area contributed by atoms with Crippen LogP contribution in [-0.4, -0.2) is 27.3 Å². The highest BCUT2D eigenvalue weighted by Gasteiger charge is 2.13. The molecule has 0 bridgehead atoms. The van der Waals surface area contributed by atoms with Gasteiger partial charge in [0.15, 0.2) is 11.5 Å². The molecule has 0 saturated heterocycles. The highest BCUT2D eigenvalue weighted by Crippen LogP contribution is 2.31. The van der Waals surface area contributed by atoms with Crippen molar-refractivity contribution in [2.45, 2.75) is 6.92 Å². The Kier molecular flexibility index (Phi) is 3.27. The van der Waals surface area contributed by atoms with Gasteiger partial charge in [-0.25, -0.2) is 4.98 Å². The van der Waals surface area contributed by atoms with Gasteiger partial charge in [0.25, 0.3) is 5.89 Å². The Balaban J connectivity index is 1.98. The number of phenolic OH excluding ortho intramolecular Hbond substituents is 1. The van der Waals surface area contributed by atoms with E-state index < -0.39 is 0 Å². The summed E-state index contributed by atoms with van der Waals surface area (Å²) in [6.45, 7) is 1.90. The maximum absolute atomic E-state index is 9.59. The number of aromatic nitrogens is 3. The fourth-order valence-electron chi connectivity index (χ4n) is 1.92. The Labute approximate surface area is 121 Å². The second-order valence-electron chi connectivity index (χ2n) is 4.47. The van der Waals surface area contributed by atoms with E-state index in [-0.39, 0.29) is 5.75 Å². The number of ether oxygens (including phenoxy) is 1. The van der Waals surface area contributed by atoms with E-state index in [2.05, 4.69) is 15.1 Å². The van der Waals surface area contributed by atoms with Crippen molar-refractivity contribution in [3.63, 3.8) is 0 Å². The van der Waals surface area contributed by atoms with E-state index in [4.69, 9.17) is 9.26 Å². The Morgan fingerprint density at radius 2 is 2.00 bits per heavy atom. The minimum atomic E-state index is 0.0568. The molecule has 0 aliphatic rings. The molecule has 6 nitrogen and oxygen atoms in total. The second-order valence-corrected chi connectivity index (χ2v) is 4.47. The lowest BCUT2D eigenvalue weighted by atomic mass is 10.2. The lowest BCUT2D eigenvalue weighted by Crippen LogP contribution is -1.88. The molecule has 0 amide bonds. The normalized spacial score (nSPS) is 10.6. The fourth-order valence-corrected chi connectivity index (χ4v) is 1.92. The van der Waals surface area contributed by atoms with E-state index in [9.17, 15) is 5.11 Å². The molecule has 106 valence electrons. The molecule has 0 spiro atoms. The number of hydrogen-bond donors (Lipinski definition) is 1. The van der Waals surface area contributed by atoms with Crippen LogP contribution in [0.3, 0.4) is 0 Å². The first-order valence-electron chi connectivity index (χ1n) is 6.32. The first kappa shape index (κ1) is 13.1. The number of aromatic hydroxyl groups is 1. The van der Waals surface area contributed by atoms with Crippen LogP contribution in [0.5, 0.6) is 11.5 Å². The van der Waals surface area contributed by atoms with Crippen molar-refractivity contribution >= 4 is 0 Å². The second kappa shape index (κ2) is 5.24. The molecule has 3 aromatic rings. The van der Waals surface area contributed by atoms with Crippen LogP contribution in [0.4, 0.5) is 0 Å². The summed E-state index contributed by atoms with van der Waals surface area (Å²) < 4.78 is 10.3. The molecule has 1 aromatic carbocycles. The summed E-state index contributed by atoms with van der Waals surface area (Å²) in [4.78, 5) is 8.67. The van der Waals surface area contributed by atoms with Crippen molar-refractivity contribution in [3.05, 3.63) is 42.1 Å². The third-order valence-corrected chi connectivity index (χ3v) is 2.97. The zero-order valence-corrected chi connectivity index (χ0v) is 11.6. The number of benzene rings is 1. The number of nitrogens with zero attached hydrogens (tertiary/aromatic N) is 3. The first-order chi connectivity index (χ1) is 10.2. The van der Waals surface area contributed by atoms with Crippen LogP contribution in [0.2, 0.25) is 0 Å². The number of hydrogen-bond acceptors (Lipinski definition) is 6. The van der Waals surface area contributed by atoms with Gasteiger partial charge in [-0.1, -0.05) is 11.2 Å². The molecular weight excluding hydrogens is 270 g/mol. The molecule has 3 rings (SSSR count). The Bertz CT molecular complexity index is 783. The van der Waals surface area contributed by atoms with Crippen molar-refractivity contribution < 1.29 is 14.4 Å². The predicted octanol–water partition coefficient (Wildman–Crippen LogP) is 2.82. The summed E-state index contributed by atoms with van der Waals surface area (Å²) in [5.74, 6) is 1.16. The van der Waals surface area contributed by atoms with E-state index in [0.717, 1.165) is 5.69 Å². The van der Waals surface area contributed by atoms with E-state index in [1.165, 1.54) is 13.2 Å². The van der Waals surface area contributed by atoms with Crippen LogP contribution in [-0.2, 0) is 0 Å². The Morgan fingerprint density at radius 3 is 2.76 bits per heavy atom. The van der Waals surface area contributed by atoms with Gasteiger partial charge in [0.1, 0.15) is 5.69 Å². The lowest BCUT2D eigenvalue weighted by Gasteiger charge is -2.03. The van der Waals surface area contributed by atoms with Gasteiger partial charge in [-0.05, 0) is 37.3 Å². The summed E-state index contributed by atoms with van der Waals surface area (Å²) >= 11 is 0. The zero-order chi connectivity index (χ0) is 14.8. The average Bonchev–Trinajstić information content (AvgIpc) is 2.97. The highest BCUT2D eigenvalue weighted by atomic mass is 16.5. The molecule has 0 saturated carbocycles. The van der Waals surface area contributed by atoms with E-state index in [1.54, 1.807) is 12.1 Å². The Morgan fingerprint density at radius 1 is 1.14 bits per heavy atom. The molecule has 21 heavy (non-hydrogen) atoms. The van der Waals surface area contributed by atoms with Gasteiger partial charge in [-0.15, -0.1) is 0 Å². The van der Waals surface area contributed by atoms with Crippen molar-refractivity contribution in [1.82, 2.24) is 15.1 Å². The third kappa shape index (κ3) is 2.55. The molecule has 0 atom stereocenters. The number of methoxy groups -OCH3 is 1. The summed E-state index contributed by atoms with van der Waals surface area (Å²) in [6.07, 6.45) is 0. The van der Waals surface area contributed by atoms with Gasteiger partial charge in [0.2, 0.25) is 5.82 Å². The number of rotatable bonds is 3. The molecule has 2 heterocycles. The maximum Gasteiger partial charge on any atom is 0.258 e. The fraction of sp³-hybridized carbons (Fsp3) is 0.133. The van der Waals surface area contributed by atoms with Crippen LogP contribution in [0.15, 0.2) is 40.9 Å². The predicted molar refractivity (Wildman–Crippen MR) is 75.9 cm³/mol. The number of pyridine rings is 1. The molecule has 2 aromatic heterocycles. The Hall–Kier alpha value is -2.89. The van der Waals surface area contributed by atoms with Crippen LogP contribution < -0.4 is 4.74 Å². The maximum atomic E-state index is 9.59. The molecular formula is C15H13N3O3. The van der Waals surface area contributed by atoms with Gasteiger partial charge in [-0.2, -0.15) is 4.98 Å². The molecule has 0 unspecified atom stereocenters. The van der Waals surface area contributed by atoms with Crippen molar-refractivity contribution in [1.29, 1.82) is 0 Å². The topological polar surface area (TPSA) is 81.3 Å². The number of phenols is 1. The van der Waals surface area contributed by atoms with Crippen LogP contribution in [0, 0.1) is 6.92 Å². The average molecular weight is 283 g/mol. The number of aryl methyl sites for hydroxylation is 1. The first-order valence-corrected chi connectivity index (χ1v) is 6.32. The van der Waals surface area contributed by atoms with Crippen LogP contribution in [0.25, 0.3) is 23.0 Å². The van der Waals surface area contributed by atoms with Crippen LogP contribution >= 0.6 is 0 Å². The SMILES string of the molecule is COc1cc(-c2nc(-c3cccc(C)n3)no2)ccc1O. The lowest BCUT2D eigenvalue weighted by molar-refractivity contribution is 0.373. The minimum absolute atomic E-state index is 0.0568. The molecule has 1 N–H and O–H groups in total. The molecule has 0 radical (unpaired) electrons. The van der Waals surface area contributed by atoms with Crippen LogP contribution in [0.1, 0.15) is 5.69 Å². The van der Waals surface area contributed by atoms with Gasteiger partial charge in [0, 0.05) is 11.3 Å². The van der Waals surface area contributed by atoms with Gasteiger partial charge in [0.05, 0.1) is 7.11 Å². The standard InChI is InChI=1S/C15H13N3O3/c1-9-4-3-5-11(16-9)14-17-15(21-18-14)10-6-7-12(19)13(8-10)20-2/h3-8,19H,1-2H3. The summed E-state index contributed by atoms with van der Waals surface area (Å²) in [5, 5.41) is 13.5. The largest absolute Gasteiger partial charge is 0.504 e. The van der Waals surface area contributed by atoms with Gasteiger partial charge < -0.3 is 14.4 Å². The summed E-state index contributed by atoms with van der Waals surface area (Å²) in [7, 11) is 1.48. The van der Waals surface area contributed by atoms with Crippen molar-refractivity contribution in [3.8, 4) is 34.5 Å². The monoisotopic (exact) mass is 283 g/mol. The minimum Gasteiger partial charge on any atom is -0.504 e. The molecule has 0 fully saturated rings. The zero-order valence-electron chi connectivity index (χ0n) is 11.6. The molecule has 0 aliphatic carbocycles. The van der Waals surface area contributed by atoms with Crippen molar-refractivity contribution in [2.75, 3.05) is 7.11 Å². The smallest absolute Gasteiger partial charge is 0.258 e. The summed E-state index contributed by atoms with van der Waals surface area (Å²) in [5.41, 5.74) is 2.19. The summed E-state index contributed by atoms with van der Waals surface area (Å²) in [6, 6.07) is 10.4. The van der Waals surface area contributed by atoms with Gasteiger partial charge in [-0.3, -0.25) is 0 Å².